The van der Waals surface area contributed by atoms with E-state index in [1.807, 2.05) is 12.1 Å². The third kappa shape index (κ3) is 7.34. The number of rotatable bonds is 9. The Morgan fingerprint density at radius 2 is 2.10 bits per heavy atom. The third-order valence-corrected chi connectivity index (χ3v) is 6.07. The predicted molar refractivity (Wildman–Crippen MR) is 120 cm³/mol. The van der Waals surface area contributed by atoms with E-state index in [-0.39, 0.29) is 0 Å². The molecule has 2 heterocycles. The molecule has 2 aromatic rings. The zero-order valence-corrected chi connectivity index (χ0v) is 18.2. The van der Waals surface area contributed by atoms with Gasteiger partial charge in [0.1, 0.15) is 12.4 Å². The standard InChI is InChI=1S/C22H32N4O2S/c1-18(21-7-4-14-29-21)16-24-22(23-2)25-17-19-5-3-6-20(15-19)28-13-10-26-8-11-27-12-9-26/h3-7,14-15,18H,8-13,16-17H2,1-2H3,(H2,23,24,25). The van der Waals surface area contributed by atoms with Gasteiger partial charge < -0.3 is 20.1 Å². The summed E-state index contributed by atoms with van der Waals surface area (Å²) < 4.78 is 11.3. The number of hydrogen-bond donors (Lipinski definition) is 2. The van der Waals surface area contributed by atoms with Gasteiger partial charge in [-0.05, 0) is 29.1 Å². The molecule has 1 unspecified atom stereocenters. The molecule has 1 aromatic heterocycles. The second kappa shape index (κ2) is 11.8. The molecule has 0 spiro atoms. The SMILES string of the molecule is CN=C(NCc1cccc(OCCN2CCOCC2)c1)NCC(C)c1cccs1. The van der Waals surface area contributed by atoms with Crippen molar-refractivity contribution in [3.63, 3.8) is 0 Å². The van der Waals surface area contributed by atoms with Crippen LogP contribution < -0.4 is 15.4 Å². The molecule has 0 saturated carbocycles. The van der Waals surface area contributed by atoms with Gasteiger partial charge in [0.25, 0.3) is 0 Å². The second-order valence-corrected chi connectivity index (χ2v) is 8.15. The van der Waals surface area contributed by atoms with Gasteiger partial charge in [-0.1, -0.05) is 25.1 Å². The molecule has 7 heteroatoms. The van der Waals surface area contributed by atoms with Crippen LogP contribution in [0.2, 0.25) is 0 Å². The Labute approximate surface area is 177 Å². The van der Waals surface area contributed by atoms with E-state index >= 15 is 0 Å². The van der Waals surface area contributed by atoms with Crippen LogP contribution in [0.5, 0.6) is 5.75 Å². The molecule has 3 rings (SSSR count). The molecule has 6 nitrogen and oxygen atoms in total. The van der Waals surface area contributed by atoms with E-state index in [1.54, 1.807) is 18.4 Å². The van der Waals surface area contributed by atoms with Gasteiger partial charge in [-0.25, -0.2) is 0 Å². The molecule has 1 aliphatic heterocycles. The Hall–Kier alpha value is -2.09. The van der Waals surface area contributed by atoms with Crippen LogP contribution >= 0.6 is 11.3 Å². The highest BCUT2D eigenvalue weighted by Crippen LogP contribution is 2.19. The minimum absolute atomic E-state index is 0.455. The van der Waals surface area contributed by atoms with Crippen LogP contribution in [0.25, 0.3) is 0 Å². The largest absolute Gasteiger partial charge is 0.492 e. The molecular formula is C22H32N4O2S. The monoisotopic (exact) mass is 416 g/mol. The van der Waals surface area contributed by atoms with Crippen LogP contribution in [0.4, 0.5) is 0 Å². The Morgan fingerprint density at radius 1 is 1.24 bits per heavy atom. The van der Waals surface area contributed by atoms with Crippen molar-refractivity contribution in [3.8, 4) is 5.75 Å². The molecule has 1 saturated heterocycles. The zero-order valence-electron chi connectivity index (χ0n) is 17.4. The van der Waals surface area contributed by atoms with Gasteiger partial charge in [0.15, 0.2) is 5.96 Å². The molecule has 0 amide bonds. The fraction of sp³-hybridized carbons (Fsp3) is 0.500. The summed E-state index contributed by atoms with van der Waals surface area (Å²) in [5.74, 6) is 2.18. The number of nitrogens with one attached hydrogen (secondary N) is 2. The lowest BCUT2D eigenvalue weighted by Crippen LogP contribution is -2.38. The van der Waals surface area contributed by atoms with Crippen LogP contribution in [-0.2, 0) is 11.3 Å². The highest BCUT2D eigenvalue weighted by molar-refractivity contribution is 7.10. The van der Waals surface area contributed by atoms with E-state index < -0.39 is 0 Å². The molecule has 1 atom stereocenters. The smallest absolute Gasteiger partial charge is 0.191 e. The average Bonchev–Trinajstić information content (AvgIpc) is 3.30. The van der Waals surface area contributed by atoms with Gasteiger partial charge >= 0.3 is 0 Å². The number of aliphatic imine (C=N–C) groups is 1. The van der Waals surface area contributed by atoms with Gasteiger partial charge in [0.05, 0.1) is 13.2 Å². The van der Waals surface area contributed by atoms with Crippen LogP contribution in [0.15, 0.2) is 46.8 Å². The zero-order chi connectivity index (χ0) is 20.3. The van der Waals surface area contributed by atoms with Crippen LogP contribution in [-0.4, -0.2) is 63.9 Å². The number of hydrogen-bond acceptors (Lipinski definition) is 5. The van der Waals surface area contributed by atoms with Crippen molar-refractivity contribution in [3.05, 3.63) is 52.2 Å². The number of ether oxygens (including phenoxy) is 2. The first-order chi connectivity index (χ1) is 14.2. The Balaban J connectivity index is 1.40. The van der Waals surface area contributed by atoms with Crippen molar-refractivity contribution in [2.75, 3.05) is 53.0 Å². The van der Waals surface area contributed by atoms with E-state index in [4.69, 9.17) is 9.47 Å². The maximum atomic E-state index is 5.95. The van der Waals surface area contributed by atoms with Crippen molar-refractivity contribution < 1.29 is 9.47 Å². The van der Waals surface area contributed by atoms with Crippen molar-refractivity contribution in [1.82, 2.24) is 15.5 Å². The highest BCUT2D eigenvalue weighted by Gasteiger charge is 2.10. The van der Waals surface area contributed by atoms with Gasteiger partial charge in [-0.3, -0.25) is 9.89 Å². The summed E-state index contributed by atoms with van der Waals surface area (Å²) in [6.07, 6.45) is 0. The first-order valence-corrected chi connectivity index (χ1v) is 11.1. The topological polar surface area (TPSA) is 58.1 Å². The molecule has 0 aliphatic carbocycles. The molecule has 0 radical (unpaired) electrons. The molecule has 1 fully saturated rings. The summed E-state index contributed by atoms with van der Waals surface area (Å²) in [7, 11) is 1.80. The number of benzene rings is 1. The summed E-state index contributed by atoms with van der Waals surface area (Å²) in [5.41, 5.74) is 1.17. The van der Waals surface area contributed by atoms with Gasteiger partial charge in [-0.15, -0.1) is 11.3 Å². The summed E-state index contributed by atoms with van der Waals surface area (Å²) in [6, 6.07) is 12.5. The van der Waals surface area contributed by atoms with Gasteiger partial charge in [-0.2, -0.15) is 0 Å². The van der Waals surface area contributed by atoms with Crippen LogP contribution in [0, 0.1) is 0 Å². The quantitative estimate of drug-likeness (QED) is 0.486. The molecular weight excluding hydrogens is 384 g/mol. The average molecular weight is 417 g/mol. The summed E-state index contributed by atoms with van der Waals surface area (Å²) in [6.45, 7) is 9.04. The number of thiophene rings is 1. The van der Waals surface area contributed by atoms with Crippen molar-refractivity contribution in [2.45, 2.75) is 19.4 Å². The van der Waals surface area contributed by atoms with Gasteiger partial charge in [0, 0.05) is 50.6 Å². The van der Waals surface area contributed by atoms with Crippen molar-refractivity contribution in [2.24, 2.45) is 4.99 Å². The predicted octanol–water partition coefficient (Wildman–Crippen LogP) is 2.93. The fourth-order valence-corrected chi connectivity index (χ4v) is 3.98. The maximum absolute atomic E-state index is 5.95. The molecule has 29 heavy (non-hydrogen) atoms. The maximum Gasteiger partial charge on any atom is 0.191 e. The molecule has 1 aliphatic rings. The molecule has 158 valence electrons. The fourth-order valence-electron chi connectivity index (χ4n) is 3.19. The van der Waals surface area contributed by atoms with E-state index in [2.05, 4.69) is 57.1 Å². The first kappa shape index (κ1) is 21.6. The Kier molecular flexibility index (Phi) is 8.80. The van der Waals surface area contributed by atoms with E-state index in [0.717, 1.165) is 51.1 Å². The van der Waals surface area contributed by atoms with Crippen molar-refractivity contribution >= 4 is 17.3 Å². The minimum atomic E-state index is 0.455. The third-order valence-electron chi connectivity index (χ3n) is 4.97. The van der Waals surface area contributed by atoms with Crippen LogP contribution in [0.3, 0.4) is 0 Å². The number of morpholine rings is 1. The summed E-state index contributed by atoms with van der Waals surface area (Å²) in [4.78, 5) is 8.09. The lowest BCUT2D eigenvalue weighted by atomic mass is 10.1. The summed E-state index contributed by atoms with van der Waals surface area (Å²) >= 11 is 1.79. The van der Waals surface area contributed by atoms with E-state index in [1.165, 1.54) is 10.4 Å². The minimum Gasteiger partial charge on any atom is -0.492 e. The Bertz CT molecular complexity index is 745. The lowest BCUT2D eigenvalue weighted by Gasteiger charge is -2.26. The second-order valence-electron chi connectivity index (χ2n) is 7.17. The molecule has 0 bridgehead atoms. The molecule has 2 N–H and O–H groups in total. The number of guanidine groups is 1. The highest BCUT2D eigenvalue weighted by atomic mass is 32.1. The van der Waals surface area contributed by atoms with Gasteiger partial charge in [0.2, 0.25) is 0 Å². The van der Waals surface area contributed by atoms with E-state index in [0.29, 0.717) is 19.1 Å². The first-order valence-electron chi connectivity index (χ1n) is 10.2. The van der Waals surface area contributed by atoms with Crippen molar-refractivity contribution in [1.29, 1.82) is 0 Å². The number of nitrogens with zero attached hydrogens (tertiary/aromatic N) is 2. The van der Waals surface area contributed by atoms with E-state index in [9.17, 15) is 0 Å². The van der Waals surface area contributed by atoms with Crippen LogP contribution in [0.1, 0.15) is 23.3 Å². The Morgan fingerprint density at radius 3 is 2.86 bits per heavy atom. The molecule has 1 aromatic carbocycles. The lowest BCUT2D eigenvalue weighted by molar-refractivity contribution is 0.0322. The normalized spacial score (nSPS) is 16.4. The summed E-state index contributed by atoms with van der Waals surface area (Å²) in [5, 5.41) is 8.92.